The van der Waals surface area contributed by atoms with Crippen molar-refractivity contribution in [3.8, 4) is 0 Å². The minimum absolute atomic E-state index is 0.0201. The van der Waals surface area contributed by atoms with Crippen LogP contribution in [0, 0.1) is 5.82 Å². The number of benzene rings is 1. The van der Waals surface area contributed by atoms with Crippen molar-refractivity contribution < 1.29 is 9.18 Å². The molecule has 0 aliphatic carbocycles. The topological polar surface area (TPSA) is 41.1 Å². The first kappa shape index (κ1) is 10.0. The molecule has 2 rings (SSSR count). The summed E-state index contributed by atoms with van der Waals surface area (Å²) >= 11 is 0. The number of nitrogens with one attached hydrogen (secondary N) is 2. The Kier molecular flexibility index (Phi) is 2.38. The number of halogens is 1. The van der Waals surface area contributed by atoms with Gasteiger partial charge in [-0.05, 0) is 13.0 Å². The predicted molar refractivity (Wildman–Crippen MR) is 60.9 cm³/mol. The molecule has 1 amide bonds. The quantitative estimate of drug-likeness (QED) is 0.596. The number of anilines is 2. The zero-order valence-corrected chi connectivity index (χ0v) is 8.73. The highest BCUT2D eigenvalue weighted by atomic mass is 19.1. The maximum Gasteiger partial charge on any atom is 0.226 e. The molecule has 1 aromatic rings. The summed E-state index contributed by atoms with van der Waals surface area (Å²) in [6.07, 6.45) is 0.355. The van der Waals surface area contributed by atoms with Crippen LogP contribution in [0.5, 0.6) is 0 Å². The van der Waals surface area contributed by atoms with Gasteiger partial charge < -0.3 is 10.6 Å². The molecule has 1 heterocycles. The number of carbonyl (C=O) groups excluding carboxylic acids is 1. The molecule has 3 nitrogen and oxygen atoms in total. The van der Waals surface area contributed by atoms with E-state index in [1.807, 2.05) is 14.8 Å². The molecule has 1 atom stereocenters. The third-order valence-corrected chi connectivity index (χ3v) is 2.51. The Labute approximate surface area is 88.5 Å². The van der Waals surface area contributed by atoms with E-state index < -0.39 is 5.82 Å². The molecule has 0 saturated carbocycles. The van der Waals surface area contributed by atoms with E-state index in [9.17, 15) is 9.18 Å². The van der Waals surface area contributed by atoms with Crippen LogP contribution >= 0.6 is 0 Å². The summed E-state index contributed by atoms with van der Waals surface area (Å²) in [6, 6.07) is 3.09. The Hall–Kier alpha value is -1.52. The maximum atomic E-state index is 13.5. The molecule has 78 valence electrons. The van der Waals surface area contributed by atoms with Crippen LogP contribution in [0.15, 0.2) is 12.1 Å². The molecule has 1 aliphatic heterocycles. The van der Waals surface area contributed by atoms with Gasteiger partial charge in [-0.1, -0.05) is 11.5 Å². The lowest BCUT2D eigenvalue weighted by atomic mass is 9.93. The van der Waals surface area contributed by atoms with E-state index in [2.05, 4.69) is 10.6 Å². The largest absolute Gasteiger partial charge is 0.381 e. The highest BCUT2D eigenvalue weighted by Crippen LogP contribution is 2.26. The summed E-state index contributed by atoms with van der Waals surface area (Å²) in [5, 5.41) is 5.72. The summed E-state index contributed by atoms with van der Waals surface area (Å²) in [4.78, 5) is 11.4. The van der Waals surface area contributed by atoms with E-state index in [1.54, 1.807) is 6.07 Å². The normalized spacial score (nSPS) is 19.9. The van der Waals surface area contributed by atoms with E-state index in [0.717, 1.165) is 5.46 Å². The lowest BCUT2D eigenvalue weighted by Gasteiger charge is -2.14. The van der Waals surface area contributed by atoms with Gasteiger partial charge in [-0.2, -0.15) is 0 Å². The lowest BCUT2D eigenvalue weighted by molar-refractivity contribution is -0.116. The van der Waals surface area contributed by atoms with Crippen LogP contribution in [-0.2, 0) is 4.79 Å². The van der Waals surface area contributed by atoms with Gasteiger partial charge in [0.05, 0.1) is 11.4 Å². The number of amides is 1. The van der Waals surface area contributed by atoms with Crippen molar-refractivity contribution in [1.82, 2.24) is 0 Å². The zero-order chi connectivity index (χ0) is 11.0. The molecule has 0 fully saturated rings. The molecule has 15 heavy (non-hydrogen) atoms. The summed E-state index contributed by atoms with van der Waals surface area (Å²) < 4.78 is 13.5. The molecule has 0 unspecified atom stereocenters. The molecule has 1 aliphatic rings. The SMILES string of the molecule is Bc1ccc(F)c2c1N[C@H](C)CC(=O)N2. The minimum atomic E-state index is -0.398. The van der Waals surface area contributed by atoms with Gasteiger partial charge in [-0.25, -0.2) is 4.39 Å². The molecule has 0 spiro atoms. The van der Waals surface area contributed by atoms with Crippen molar-refractivity contribution >= 4 is 30.6 Å². The Morgan fingerprint density at radius 2 is 2.20 bits per heavy atom. The Morgan fingerprint density at radius 1 is 1.47 bits per heavy atom. The van der Waals surface area contributed by atoms with E-state index in [1.165, 1.54) is 6.07 Å². The summed E-state index contributed by atoms with van der Waals surface area (Å²) in [5.74, 6) is -0.552. The first-order valence-electron chi connectivity index (χ1n) is 4.93. The van der Waals surface area contributed by atoms with Gasteiger partial charge >= 0.3 is 0 Å². The predicted octanol–water partition coefficient (Wildman–Crippen LogP) is 0.227. The van der Waals surface area contributed by atoms with E-state index in [4.69, 9.17) is 0 Å². The van der Waals surface area contributed by atoms with Crippen molar-refractivity contribution in [1.29, 1.82) is 0 Å². The monoisotopic (exact) mass is 206 g/mol. The van der Waals surface area contributed by atoms with Gasteiger partial charge in [-0.15, -0.1) is 0 Å². The number of rotatable bonds is 0. The fraction of sp³-hybridized carbons (Fsp3) is 0.300. The van der Waals surface area contributed by atoms with Crippen LogP contribution in [0.3, 0.4) is 0 Å². The molecule has 0 saturated heterocycles. The molecular weight excluding hydrogens is 194 g/mol. The molecule has 0 aromatic heterocycles. The second-order valence-electron chi connectivity index (χ2n) is 3.91. The maximum absolute atomic E-state index is 13.5. The fourth-order valence-electron chi connectivity index (χ4n) is 1.76. The fourth-order valence-corrected chi connectivity index (χ4v) is 1.76. The number of hydrogen-bond acceptors (Lipinski definition) is 2. The first-order chi connectivity index (χ1) is 7.08. The first-order valence-corrected chi connectivity index (χ1v) is 4.93. The highest BCUT2D eigenvalue weighted by molar-refractivity contribution is 6.37. The minimum Gasteiger partial charge on any atom is -0.381 e. The molecule has 1 aromatic carbocycles. The van der Waals surface area contributed by atoms with E-state index in [-0.39, 0.29) is 17.6 Å². The van der Waals surface area contributed by atoms with Gasteiger partial charge in [0.15, 0.2) is 0 Å². The van der Waals surface area contributed by atoms with Crippen molar-refractivity contribution in [2.24, 2.45) is 0 Å². The van der Waals surface area contributed by atoms with Crippen molar-refractivity contribution in [2.75, 3.05) is 10.6 Å². The standard InChI is InChI=1S/C10H12BFN2O/c1-5-4-8(15)14-10-7(12)3-2-6(11)9(10)13-5/h2-3,5,13H,4,11H2,1H3,(H,14,15)/t5-/m1/s1. The summed E-state index contributed by atoms with van der Waals surface area (Å²) in [7, 11) is 1.88. The summed E-state index contributed by atoms with van der Waals surface area (Å²) in [6.45, 7) is 1.90. The third-order valence-electron chi connectivity index (χ3n) is 2.51. The van der Waals surface area contributed by atoms with E-state index in [0.29, 0.717) is 12.1 Å². The second kappa shape index (κ2) is 3.57. The Morgan fingerprint density at radius 3 is 2.93 bits per heavy atom. The molecule has 0 radical (unpaired) electrons. The van der Waals surface area contributed by atoms with Gasteiger partial charge in [0.1, 0.15) is 13.7 Å². The van der Waals surface area contributed by atoms with Crippen molar-refractivity contribution in [3.63, 3.8) is 0 Å². The zero-order valence-electron chi connectivity index (χ0n) is 8.73. The average Bonchev–Trinajstić information content (AvgIpc) is 2.31. The molecule has 0 bridgehead atoms. The molecular formula is C10H12BFN2O. The van der Waals surface area contributed by atoms with Crippen molar-refractivity contribution in [3.05, 3.63) is 17.9 Å². The van der Waals surface area contributed by atoms with Crippen LogP contribution in [0.4, 0.5) is 15.8 Å². The van der Waals surface area contributed by atoms with Crippen LogP contribution in [0.2, 0.25) is 0 Å². The third kappa shape index (κ3) is 1.82. The van der Waals surface area contributed by atoms with Gasteiger partial charge in [0.25, 0.3) is 0 Å². The number of fused-ring (bicyclic) bond motifs is 1. The Balaban J connectivity index is 2.54. The Bertz CT molecular complexity index is 422. The van der Waals surface area contributed by atoms with E-state index >= 15 is 0 Å². The van der Waals surface area contributed by atoms with Crippen molar-refractivity contribution in [2.45, 2.75) is 19.4 Å². The van der Waals surface area contributed by atoms with Crippen LogP contribution < -0.4 is 16.1 Å². The van der Waals surface area contributed by atoms with Crippen LogP contribution in [0.25, 0.3) is 0 Å². The van der Waals surface area contributed by atoms with Crippen LogP contribution in [0.1, 0.15) is 13.3 Å². The van der Waals surface area contributed by atoms with Gasteiger partial charge in [-0.3, -0.25) is 4.79 Å². The summed E-state index contributed by atoms with van der Waals surface area (Å²) in [5.41, 5.74) is 1.89. The highest BCUT2D eigenvalue weighted by Gasteiger charge is 2.21. The van der Waals surface area contributed by atoms with Gasteiger partial charge in [0.2, 0.25) is 5.91 Å². The number of hydrogen-bond donors (Lipinski definition) is 2. The molecule has 2 N–H and O–H groups in total. The smallest absolute Gasteiger partial charge is 0.226 e. The molecule has 5 heteroatoms. The average molecular weight is 206 g/mol. The number of carbonyl (C=O) groups is 1. The lowest BCUT2D eigenvalue weighted by Crippen LogP contribution is -2.21. The van der Waals surface area contributed by atoms with Gasteiger partial charge in [0, 0.05) is 12.5 Å². The second-order valence-corrected chi connectivity index (χ2v) is 3.91. The van der Waals surface area contributed by atoms with Crippen LogP contribution in [-0.4, -0.2) is 19.8 Å².